The van der Waals surface area contributed by atoms with E-state index in [0.717, 1.165) is 71.1 Å². The van der Waals surface area contributed by atoms with Crippen molar-refractivity contribution in [3.05, 3.63) is 107 Å². The molecule has 2 heterocycles. The zero-order chi connectivity index (χ0) is 28.9. The summed E-state index contributed by atoms with van der Waals surface area (Å²) in [5.74, 6) is 1.69. The Hall–Kier alpha value is -3.96. The van der Waals surface area contributed by atoms with Gasteiger partial charge in [-0.1, -0.05) is 54.6 Å². The van der Waals surface area contributed by atoms with Gasteiger partial charge in [0.1, 0.15) is 17.1 Å². The first-order valence-corrected chi connectivity index (χ1v) is 14.5. The second kappa shape index (κ2) is 10.1. The molecule has 6 rings (SSSR count). The SMILES string of the molecule is COc1ccc(N2CCN(c3c(C)c(C)c4c(c3C)C(O)(c3ccc(-c5ccccc5)cc3)C(C)(C)O4)CC2)cc1. The van der Waals surface area contributed by atoms with Crippen molar-refractivity contribution in [2.24, 2.45) is 0 Å². The Labute approximate surface area is 244 Å². The maximum atomic E-state index is 12.7. The van der Waals surface area contributed by atoms with E-state index >= 15 is 0 Å². The number of ether oxygens (including phenoxy) is 2. The number of aliphatic hydroxyl groups is 1. The van der Waals surface area contributed by atoms with Crippen LogP contribution < -0.4 is 19.3 Å². The molecule has 0 aliphatic carbocycles. The van der Waals surface area contributed by atoms with E-state index in [1.165, 1.54) is 16.9 Å². The molecule has 1 unspecified atom stereocenters. The fraction of sp³-hybridized carbons (Fsp3) is 0.333. The van der Waals surface area contributed by atoms with Gasteiger partial charge in [0.25, 0.3) is 0 Å². The van der Waals surface area contributed by atoms with Gasteiger partial charge in [0, 0.05) is 43.1 Å². The molecule has 4 aromatic rings. The summed E-state index contributed by atoms with van der Waals surface area (Å²) in [7, 11) is 1.70. The minimum atomic E-state index is -1.29. The van der Waals surface area contributed by atoms with E-state index in [0.29, 0.717) is 0 Å². The number of nitrogens with zero attached hydrogens (tertiary/aromatic N) is 2. The molecule has 1 N–H and O–H groups in total. The minimum absolute atomic E-state index is 0.820. The number of piperazine rings is 1. The van der Waals surface area contributed by atoms with Crippen LogP contribution in [0.5, 0.6) is 11.5 Å². The lowest BCUT2D eigenvalue weighted by atomic mass is 9.73. The number of hydrogen-bond acceptors (Lipinski definition) is 5. The smallest absolute Gasteiger partial charge is 0.157 e. The van der Waals surface area contributed by atoms with Crippen molar-refractivity contribution in [3.8, 4) is 22.6 Å². The molecule has 0 spiro atoms. The van der Waals surface area contributed by atoms with Gasteiger partial charge in [-0.05, 0) is 92.3 Å². The highest BCUT2D eigenvalue weighted by atomic mass is 16.5. The molecule has 5 heteroatoms. The van der Waals surface area contributed by atoms with Gasteiger partial charge in [-0.3, -0.25) is 0 Å². The Kier molecular flexibility index (Phi) is 6.74. The lowest BCUT2D eigenvalue weighted by Gasteiger charge is -2.40. The molecular formula is C36H40N2O3. The van der Waals surface area contributed by atoms with Crippen LogP contribution in [-0.2, 0) is 5.60 Å². The molecule has 0 bridgehead atoms. The zero-order valence-electron chi connectivity index (χ0n) is 25.0. The van der Waals surface area contributed by atoms with Gasteiger partial charge in [-0.2, -0.15) is 0 Å². The quantitative estimate of drug-likeness (QED) is 0.290. The van der Waals surface area contributed by atoms with Crippen LogP contribution in [0.1, 0.15) is 41.7 Å². The number of anilines is 2. The molecule has 41 heavy (non-hydrogen) atoms. The zero-order valence-corrected chi connectivity index (χ0v) is 25.0. The highest BCUT2D eigenvalue weighted by Crippen LogP contribution is 2.56. The van der Waals surface area contributed by atoms with E-state index in [-0.39, 0.29) is 0 Å². The number of rotatable bonds is 5. The molecule has 0 saturated carbocycles. The lowest BCUT2D eigenvalue weighted by Crippen LogP contribution is -2.48. The summed E-state index contributed by atoms with van der Waals surface area (Å²) in [6.07, 6.45) is 0. The fourth-order valence-corrected chi connectivity index (χ4v) is 6.78. The largest absolute Gasteiger partial charge is 0.497 e. The monoisotopic (exact) mass is 548 g/mol. The summed E-state index contributed by atoms with van der Waals surface area (Å²) in [6.45, 7) is 14.1. The van der Waals surface area contributed by atoms with Gasteiger partial charge in [0.05, 0.1) is 7.11 Å². The van der Waals surface area contributed by atoms with Crippen LogP contribution in [0.4, 0.5) is 11.4 Å². The Bertz CT molecular complexity index is 1550. The number of methoxy groups -OCH3 is 1. The summed E-state index contributed by atoms with van der Waals surface area (Å²) in [6, 6.07) is 27.0. The highest BCUT2D eigenvalue weighted by Gasteiger charge is 2.57. The van der Waals surface area contributed by atoms with Crippen LogP contribution in [0.15, 0.2) is 78.9 Å². The molecule has 1 fully saturated rings. The summed E-state index contributed by atoms with van der Waals surface area (Å²) in [5.41, 5.74) is 7.76. The maximum Gasteiger partial charge on any atom is 0.157 e. The van der Waals surface area contributed by atoms with Crippen LogP contribution in [0.2, 0.25) is 0 Å². The van der Waals surface area contributed by atoms with E-state index in [9.17, 15) is 5.11 Å². The summed E-state index contributed by atoms with van der Waals surface area (Å²) < 4.78 is 12.0. The third-order valence-corrected chi connectivity index (χ3v) is 9.25. The standard InChI is InChI=1S/C36H40N2O3/c1-24-25(2)34-32(26(3)33(24)38-22-20-37(21-23-38)30-16-18-31(40-6)19-17-30)36(39,35(4,5)41-34)29-14-12-28(13-15-29)27-10-8-7-9-11-27/h7-19,39H,20-23H2,1-6H3. The predicted octanol–water partition coefficient (Wildman–Crippen LogP) is 7.02. The first-order valence-electron chi connectivity index (χ1n) is 14.5. The summed E-state index contributed by atoms with van der Waals surface area (Å²) in [4.78, 5) is 4.92. The molecule has 0 radical (unpaired) electrons. The fourth-order valence-electron chi connectivity index (χ4n) is 6.78. The maximum absolute atomic E-state index is 12.7. The average Bonchev–Trinajstić information content (AvgIpc) is 3.23. The van der Waals surface area contributed by atoms with Crippen molar-refractivity contribution in [1.29, 1.82) is 0 Å². The molecule has 2 aliphatic rings. The van der Waals surface area contributed by atoms with Gasteiger partial charge in [0.2, 0.25) is 0 Å². The van der Waals surface area contributed by atoms with Crippen molar-refractivity contribution < 1.29 is 14.6 Å². The van der Waals surface area contributed by atoms with Crippen molar-refractivity contribution in [2.45, 2.75) is 45.8 Å². The van der Waals surface area contributed by atoms with Gasteiger partial charge in [-0.15, -0.1) is 0 Å². The van der Waals surface area contributed by atoms with Crippen molar-refractivity contribution in [2.75, 3.05) is 43.1 Å². The van der Waals surface area contributed by atoms with E-state index in [2.05, 4.69) is 79.1 Å². The molecular weight excluding hydrogens is 508 g/mol. The van der Waals surface area contributed by atoms with Crippen LogP contribution >= 0.6 is 0 Å². The van der Waals surface area contributed by atoms with E-state index in [4.69, 9.17) is 9.47 Å². The second-order valence-corrected chi connectivity index (χ2v) is 11.9. The number of hydrogen-bond donors (Lipinski definition) is 1. The topological polar surface area (TPSA) is 45.2 Å². The normalized spacial score (nSPS) is 19.6. The van der Waals surface area contributed by atoms with Crippen molar-refractivity contribution in [3.63, 3.8) is 0 Å². The second-order valence-electron chi connectivity index (χ2n) is 11.9. The van der Waals surface area contributed by atoms with Gasteiger partial charge in [-0.25, -0.2) is 0 Å². The number of benzene rings is 4. The third kappa shape index (κ3) is 4.34. The van der Waals surface area contributed by atoms with Crippen LogP contribution in [0.3, 0.4) is 0 Å². The summed E-state index contributed by atoms with van der Waals surface area (Å²) >= 11 is 0. The molecule has 0 aromatic heterocycles. The first kappa shape index (κ1) is 27.2. The van der Waals surface area contributed by atoms with Gasteiger partial charge >= 0.3 is 0 Å². The number of fused-ring (bicyclic) bond motifs is 1. The van der Waals surface area contributed by atoms with Crippen LogP contribution in [0.25, 0.3) is 11.1 Å². The molecule has 0 amide bonds. The molecule has 4 aromatic carbocycles. The Morgan fingerprint density at radius 2 is 1.29 bits per heavy atom. The first-order chi connectivity index (χ1) is 19.7. The lowest BCUT2D eigenvalue weighted by molar-refractivity contribution is -0.0645. The van der Waals surface area contributed by atoms with Gasteiger partial charge in [0.15, 0.2) is 5.60 Å². The van der Waals surface area contributed by atoms with Crippen molar-refractivity contribution in [1.82, 2.24) is 0 Å². The third-order valence-electron chi connectivity index (χ3n) is 9.25. The molecule has 5 nitrogen and oxygen atoms in total. The van der Waals surface area contributed by atoms with Crippen LogP contribution in [-0.4, -0.2) is 44.0 Å². The average molecular weight is 549 g/mol. The minimum Gasteiger partial charge on any atom is -0.497 e. The molecule has 212 valence electrons. The highest BCUT2D eigenvalue weighted by molar-refractivity contribution is 5.74. The van der Waals surface area contributed by atoms with E-state index < -0.39 is 11.2 Å². The summed E-state index contributed by atoms with van der Waals surface area (Å²) in [5, 5.41) is 12.7. The van der Waals surface area contributed by atoms with E-state index in [1.54, 1.807) is 7.11 Å². The predicted molar refractivity (Wildman–Crippen MR) is 168 cm³/mol. The molecule has 1 saturated heterocycles. The molecule has 2 aliphatic heterocycles. The molecule has 1 atom stereocenters. The Morgan fingerprint density at radius 1 is 0.707 bits per heavy atom. The van der Waals surface area contributed by atoms with Crippen LogP contribution in [0, 0.1) is 20.8 Å². The van der Waals surface area contributed by atoms with E-state index in [1.807, 2.05) is 44.2 Å². The van der Waals surface area contributed by atoms with Gasteiger partial charge < -0.3 is 24.4 Å². The Balaban J connectivity index is 1.36. The van der Waals surface area contributed by atoms with Crippen molar-refractivity contribution >= 4 is 11.4 Å². The Morgan fingerprint density at radius 3 is 1.90 bits per heavy atom.